The summed E-state index contributed by atoms with van der Waals surface area (Å²) < 4.78 is 1.84. The van der Waals surface area contributed by atoms with Gasteiger partial charge in [-0.3, -0.25) is 9.79 Å². The molecule has 0 unspecified atom stereocenters. The fraction of sp³-hybridized carbons (Fsp3) is 0.227. The number of nitrogens with zero attached hydrogens (tertiary/aromatic N) is 3. The van der Waals surface area contributed by atoms with E-state index < -0.39 is 0 Å². The van der Waals surface area contributed by atoms with Gasteiger partial charge in [0.25, 0.3) is 5.91 Å². The molecule has 0 aliphatic rings. The van der Waals surface area contributed by atoms with Gasteiger partial charge >= 0.3 is 0 Å². The number of carbonyl (C=O) groups is 1. The molecule has 29 heavy (non-hydrogen) atoms. The molecule has 1 heterocycles. The molecule has 0 aliphatic heterocycles. The number of guanidine groups is 1. The van der Waals surface area contributed by atoms with Crippen LogP contribution >= 0.6 is 0 Å². The molecule has 0 bridgehead atoms. The van der Waals surface area contributed by atoms with Gasteiger partial charge in [-0.05, 0) is 42.3 Å². The first-order valence-electron chi connectivity index (χ1n) is 9.63. The van der Waals surface area contributed by atoms with Crippen LogP contribution in [0, 0.1) is 0 Å². The number of aliphatic imine (C=N–C) groups is 1. The molecule has 7 heteroatoms. The Labute approximate surface area is 170 Å². The maximum Gasteiger partial charge on any atom is 0.251 e. The average Bonchev–Trinajstić information content (AvgIpc) is 3.31. The topological polar surface area (TPSA) is 83.3 Å². The van der Waals surface area contributed by atoms with Crippen molar-refractivity contribution in [2.24, 2.45) is 4.99 Å². The Kier molecular flexibility index (Phi) is 7.40. The predicted molar refractivity (Wildman–Crippen MR) is 115 cm³/mol. The van der Waals surface area contributed by atoms with Gasteiger partial charge in [0.2, 0.25) is 0 Å². The Hall–Kier alpha value is -3.61. The predicted octanol–water partition coefficient (Wildman–Crippen LogP) is 2.01. The van der Waals surface area contributed by atoms with E-state index in [0.717, 1.165) is 18.7 Å². The summed E-state index contributed by atoms with van der Waals surface area (Å²) >= 11 is 0. The largest absolute Gasteiger partial charge is 0.356 e. The smallest absolute Gasteiger partial charge is 0.251 e. The van der Waals surface area contributed by atoms with Crippen molar-refractivity contribution in [1.82, 2.24) is 25.7 Å². The van der Waals surface area contributed by atoms with Gasteiger partial charge in [0.15, 0.2) is 5.96 Å². The summed E-state index contributed by atoms with van der Waals surface area (Å²) in [6.07, 6.45) is 4.57. The zero-order chi connectivity index (χ0) is 20.3. The SMILES string of the molecule is CN=C(NCCNC(=O)c1ccccc1)NCCc1ccc(-n2cccn2)cc1. The summed E-state index contributed by atoms with van der Waals surface area (Å²) in [6.45, 7) is 1.87. The highest BCUT2D eigenvalue weighted by Crippen LogP contribution is 2.08. The highest BCUT2D eigenvalue weighted by molar-refractivity contribution is 5.94. The van der Waals surface area contributed by atoms with Crippen molar-refractivity contribution in [3.63, 3.8) is 0 Å². The number of aromatic nitrogens is 2. The Bertz CT molecular complexity index is 904. The molecular formula is C22H26N6O. The van der Waals surface area contributed by atoms with Crippen LogP contribution in [0.15, 0.2) is 78.0 Å². The normalized spacial score (nSPS) is 11.1. The molecule has 7 nitrogen and oxygen atoms in total. The van der Waals surface area contributed by atoms with E-state index >= 15 is 0 Å². The zero-order valence-corrected chi connectivity index (χ0v) is 16.5. The van der Waals surface area contributed by atoms with E-state index in [9.17, 15) is 4.79 Å². The summed E-state index contributed by atoms with van der Waals surface area (Å²) in [5, 5.41) is 13.6. The summed E-state index contributed by atoms with van der Waals surface area (Å²) in [7, 11) is 1.73. The second-order valence-electron chi connectivity index (χ2n) is 6.41. The lowest BCUT2D eigenvalue weighted by Gasteiger charge is -2.12. The van der Waals surface area contributed by atoms with Crippen LogP contribution in [0.5, 0.6) is 0 Å². The van der Waals surface area contributed by atoms with Crippen LogP contribution in [0.25, 0.3) is 5.69 Å². The van der Waals surface area contributed by atoms with Gasteiger partial charge in [0.05, 0.1) is 5.69 Å². The molecule has 3 aromatic rings. The molecule has 0 saturated heterocycles. The van der Waals surface area contributed by atoms with Crippen molar-refractivity contribution < 1.29 is 4.79 Å². The van der Waals surface area contributed by atoms with Gasteiger partial charge in [-0.2, -0.15) is 5.10 Å². The maximum absolute atomic E-state index is 12.0. The van der Waals surface area contributed by atoms with Crippen molar-refractivity contribution in [2.75, 3.05) is 26.7 Å². The van der Waals surface area contributed by atoms with Crippen molar-refractivity contribution in [1.29, 1.82) is 0 Å². The molecule has 3 N–H and O–H groups in total. The van der Waals surface area contributed by atoms with E-state index in [1.165, 1.54) is 5.56 Å². The van der Waals surface area contributed by atoms with Crippen LogP contribution < -0.4 is 16.0 Å². The number of benzene rings is 2. The summed E-state index contributed by atoms with van der Waals surface area (Å²) in [4.78, 5) is 16.2. The highest BCUT2D eigenvalue weighted by Gasteiger charge is 2.03. The molecular weight excluding hydrogens is 364 g/mol. The minimum atomic E-state index is -0.0751. The van der Waals surface area contributed by atoms with Gasteiger partial charge in [-0.15, -0.1) is 0 Å². The standard InChI is InChI=1S/C22H26N6O/c1-23-22(26-16-15-24-21(29)19-6-3-2-4-7-19)25-14-12-18-8-10-20(11-9-18)28-17-5-13-27-28/h2-11,13,17H,12,14-16H2,1H3,(H,24,29)(H2,23,25,26). The van der Waals surface area contributed by atoms with E-state index in [4.69, 9.17) is 0 Å². The molecule has 150 valence electrons. The first-order valence-corrected chi connectivity index (χ1v) is 9.63. The van der Waals surface area contributed by atoms with Gasteiger partial charge in [0.1, 0.15) is 0 Å². The highest BCUT2D eigenvalue weighted by atomic mass is 16.1. The summed E-state index contributed by atoms with van der Waals surface area (Å²) in [6, 6.07) is 19.4. The second kappa shape index (κ2) is 10.7. The van der Waals surface area contributed by atoms with Crippen LogP contribution in [0.1, 0.15) is 15.9 Å². The molecule has 2 aromatic carbocycles. The van der Waals surface area contributed by atoms with E-state index in [1.54, 1.807) is 25.4 Å². The Morgan fingerprint density at radius 2 is 1.66 bits per heavy atom. The fourth-order valence-corrected chi connectivity index (χ4v) is 2.83. The quantitative estimate of drug-likeness (QED) is 0.312. The van der Waals surface area contributed by atoms with Crippen LogP contribution in [-0.4, -0.2) is 48.3 Å². The number of rotatable bonds is 8. The maximum atomic E-state index is 12.0. The van der Waals surface area contributed by atoms with E-state index in [-0.39, 0.29) is 5.91 Å². The molecule has 1 amide bonds. The van der Waals surface area contributed by atoms with E-state index in [1.807, 2.05) is 35.1 Å². The van der Waals surface area contributed by atoms with Crippen LogP contribution in [0.4, 0.5) is 0 Å². The lowest BCUT2D eigenvalue weighted by Crippen LogP contribution is -2.42. The Balaban J connectivity index is 1.34. The fourth-order valence-electron chi connectivity index (χ4n) is 2.83. The van der Waals surface area contributed by atoms with Crippen molar-refractivity contribution in [3.8, 4) is 5.69 Å². The monoisotopic (exact) mass is 390 g/mol. The first kappa shape index (κ1) is 20.1. The average molecular weight is 390 g/mol. The molecule has 0 aliphatic carbocycles. The van der Waals surface area contributed by atoms with E-state index in [2.05, 4.69) is 50.3 Å². The number of carbonyl (C=O) groups excluding carboxylic acids is 1. The molecule has 0 radical (unpaired) electrons. The van der Waals surface area contributed by atoms with Crippen LogP contribution in [0.3, 0.4) is 0 Å². The summed E-state index contributed by atoms with van der Waals surface area (Å²) in [5.41, 5.74) is 2.94. The second-order valence-corrected chi connectivity index (χ2v) is 6.41. The van der Waals surface area contributed by atoms with E-state index in [0.29, 0.717) is 24.6 Å². The van der Waals surface area contributed by atoms with Crippen LogP contribution in [0.2, 0.25) is 0 Å². The van der Waals surface area contributed by atoms with Crippen LogP contribution in [-0.2, 0) is 6.42 Å². The number of amides is 1. The third-order valence-electron chi connectivity index (χ3n) is 4.37. The zero-order valence-electron chi connectivity index (χ0n) is 16.5. The minimum Gasteiger partial charge on any atom is -0.356 e. The van der Waals surface area contributed by atoms with Crippen molar-refractivity contribution >= 4 is 11.9 Å². The minimum absolute atomic E-state index is 0.0751. The lowest BCUT2D eigenvalue weighted by molar-refractivity contribution is 0.0954. The number of hydrogen-bond donors (Lipinski definition) is 3. The number of hydrogen-bond acceptors (Lipinski definition) is 3. The van der Waals surface area contributed by atoms with Crippen molar-refractivity contribution in [2.45, 2.75) is 6.42 Å². The lowest BCUT2D eigenvalue weighted by atomic mass is 10.1. The molecule has 0 atom stereocenters. The molecule has 0 saturated carbocycles. The van der Waals surface area contributed by atoms with Gasteiger partial charge in [-0.1, -0.05) is 30.3 Å². The molecule has 0 fully saturated rings. The third kappa shape index (κ3) is 6.21. The Morgan fingerprint density at radius 3 is 2.34 bits per heavy atom. The molecule has 3 rings (SSSR count). The third-order valence-corrected chi connectivity index (χ3v) is 4.37. The van der Waals surface area contributed by atoms with Gasteiger partial charge in [-0.25, -0.2) is 4.68 Å². The Morgan fingerprint density at radius 1 is 0.931 bits per heavy atom. The van der Waals surface area contributed by atoms with Gasteiger partial charge in [0, 0.05) is 44.6 Å². The molecule has 1 aromatic heterocycles. The molecule has 0 spiro atoms. The van der Waals surface area contributed by atoms with Gasteiger partial charge < -0.3 is 16.0 Å². The summed E-state index contributed by atoms with van der Waals surface area (Å²) in [5.74, 6) is 0.640. The first-order chi connectivity index (χ1) is 14.3. The van der Waals surface area contributed by atoms with Crippen molar-refractivity contribution in [3.05, 3.63) is 84.2 Å². The number of nitrogens with one attached hydrogen (secondary N) is 3.